The van der Waals surface area contributed by atoms with Gasteiger partial charge in [-0.2, -0.15) is 0 Å². The van der Waals surface area contributed by atoms with Crippen LogP contribution < -0.4 is 0 Å². The highest BCUT2D eigenvalue weighted by molar-refractivity contribution is 6.01. The van der Waals surface area contributed by atoms with E-state index in [-0.39, 0.29) is 12.4 Å². The van der Waals surface area contributed by atoms with Crippen LogP contribution >= 0.6 is 0 Å². The minimum absolute atomic E-state index is 0.237. The lowest BCUT2D eigenvalue weighted by molar-refractivity contribution is 0.209. The monoisotopic (exact) mass is 183 g/mol. The number of hydrogen-bond donors (Lipinski definition) is 1. The predicted octanol–water partition coefficient (Wildman–Crippen LogP) is 1.17. The van der Waals surface area contributed by atoms with E-state index < -0.39 is 0 Å². The van der Waals surface area contributed by atoms with E-state index >= 15 is 0 Å². The van der Waals surface area contributed by atoms with Gasteiger partial charge in [-0.25, -0.2) is 4.39 Å². The molecule has 0 aromatic heterocycles. The topological polar surface area (TPSA) is 41.8 Å². The molecule has 0 amide bonds. The summed E-state index contributed by atoms with van der Waals surface area (Å²) in [4.78, 5) is 4.51. The summed E-state index contributed by atoms with van der Waals surface area (Å²) in [6.07, 6.45) is 0. The molecule has 0 atom stereocenters. The van der Waals surface area contributed by atoms with Crippen molar-refractivity contribution < 1.29 is 14.3 Å². The van der Waals surface area contributed by atoms with Gasteiger partial charge in [-0.05, 0) is 12.1 Å². The van der Waals surface area contributed by atoms with Crippen molar-refractivity contribution in [3.63, 3.8) is 0 Å². The number of aliphatic hydroxyl groups is 1. The molecule has 1 aromatic carbocycles. The normalized spacial score (nSPS) is 11.5. The Kier molecular flexibility index (Phi) is 3.40. The smallest absolute Gasteiger partial charge is 0.123 e. The molecular weight excluding hydrogens is 173 g/mol. The predicted molar refractivity (Wildman–Crippen MR) is 47.0 cm³/mol. The van der Waals surface area contributed by atoms with Crippen LogP contribution in [0.4, 0.5) is 4.39 Å². The van der Waals surface area contributed by atoms with Crippen LogP contribution in [-0.4, -0.2) is 24.5 Å². The quantitative estimate of drug-likeness (QED) is 0.564. The van der Waals surface area contributed by atoms with Crippen molar-refractivity contribution in [1.82, 2.24) is 0 Å². The maximum atomic E-state index is 12.5. The molecule has 0 heterocycles. The fraction of sp³-hybridized carbons (Fsp3) is 0.222. The van der Waals surface area contributed by atoms with Crippen LogP contribution in [0.2, 0.25) is 0 Å². The summed E-state index contributed by atoms with van der Waals surface area (Å²) in [5, 5.41) is 12.5. The summed E-state index contributed by atoms with van der Waals surface area (Å²) in [5.41, 5.74) is 1.02. The lowest BCUT2D eigenvalue weighted by Gasteiger charge is -2.01. The van der Waals surface area contributed by atoms with Crippen molar-refractivity contribution in [2.75, 3.05) is 13.7 Å². The highest BCUT2D eigenvalue weighted by Gasteiger charge is 2.02. The van der Waals surface area contributed by atoms with Gasteiger partial charge in [0, 0.05) is 5.56 Å². The van der Waals surface area contributed by atoms with Crippen molar-refractivity contribution in [1.29, 1.82) is 0 Å². The van der Waals surface area contributed by atoms with E-state index in [1.54, 1.807) is 0 Å². The van der Waals surface area contributed by atoms with E-state index in [4.69, 9.17) is 5.11 Å². The van der Waals surface area contributed by atoms with E-state index in [9.17, 15) is 4.39 Å². The Labute approximate surface area is 75.4 Å². The number of oxime groups is 1. The average molecular weight is 183 g/mol. The summed E-state index contributed by atoms with van der Waals surface area (Å²) in [5.74, 6) is -0.321. The molecule has 0 aliphatic rings. The maximum Gasteiger partial charge on any atom is 0.123 e. The number of nitrogens with zero attached hydrogens (tertiary/aromatic N) is 1. The minimum atomic E-state index is -0.321. The van der Waals surface area contributed by atoms with Crippen molar-refractivity contribution in [2.45, 2.75) is 0 Å². The maximum absolute atomic E-state index is 12.5. The largest absolute Gasteiger partial charge is 0.399 e. The molecule has 0 bridgehead atoms. The van der Waals surface area contributed by atoms with Crippen molar-refractivity contribution in [3.8, 4) is 0 Å². The molecule has 70 valence electrons. The third-order valence-corrected chi connectivity index (χ3v) is 1.53. The van der Waals surface area contributed by atoms with Gasteiger partial charge in [0.15, 0.2) is 0 Å². The Hall–Kier alpha value is -1.42. The van der Waals surface area contributed by atoms with Gasteiger partial charge in [-0.15, -0.1) is 0 Å². The summed E-state index contributed by atoms with van der Waals surface area (Å²) < 4.78 is 12.5. The van der Waals surface area contributed by atoms with Crippen LogP contribution in [0, 0.1) is 5.82 Å². The summed E-state index contributed by atoms with van der Waals surface area (Å²) in [6.45, 7) is -0.237. The molecule has 4 heteroatoms. The second-order valence-electron chi connectivity index (χ2n) is 2.39. The van der Waals surface area contributed by atoms with Crippen molar-refractivity contribution >= 4 is 5.71 Å². The third-order valence-electron chi connectivity index (χ3n) is 1.53. The Morgan fingerprint density at radius 3 is 2.54 bits per heavy atom. The first kappa shape index (κ1) is 9.67. The zero-order valence-corrected chi connectivity index (χ0v) is 7.20. The second-order valence-corrected chi connectivity index (χ2v) is 2.39. The number of benzene rings is 1. The first-order valence-corrected chi connectivity index (χ1v) is 3.74. The fourth-order valence-electron chi connectivity index (χ4n) is 0.925. The molecule has 0 unspecified atom stereocenters. The highest BCUT2D eigenvalue weighted by atomic mass is 19.1. The van der Waals surface area contributed by atoms with Gasteiger partial charge in [0.1, 0.15) is 18.6 Å². The molecule has 0 aliphatic carbocycles. The van der Waals surface area contributed by atoms with Gasteiger partial charge < -0.3 is 9.94 Å². The summed E-state index contributed by atoms with van der Waals surface area (Å²) in [6, 6.07) is 5.67. The molecule has 0 aliphatic heterocycles. The lowest BCUT2D eigenvalue weighted by atomic mass is 10.1. The van der Waals surface area contributed by atoms with Crippen LogP contribution in [0.5, 0.6) is 0 Å². The second kappa shape index (κ2) is 4.57. The van der Waals surface area contributed by atoms with Gasteiger partial charge in [0.2, 0.25) is 0 Å². The molecule has 1 N–H and O–H groups in total. The molecule has 13 heavy (non-hydrogen) atoms. The molecule has 0 saturated carbocycles. The Morgan fingerprint density at radius 1 is 1.46 bits per heavy atom. The molecule has 0 radical (unpaired) electrons. The third kappa shape index (κ3) is 2.52. The standard InChI is InChI=1S/C9H10FNO2/c1-13-11-9(6-12)7-2-4-8(10)5-3-7/h2-5,12H,6H2,1H3/b11-9+. The van der Waals surface area contributed by atoms with Crippen LogP contribution in [0.25, 0.3) is 0 Å². The molecule has 1 aromatic rings. The highest BCUT2D eigenvalue weighted by Crippen LogP contribution is 2.04. The Morgan fingerprint density at radius 2 is 2.08 bits per heavy atom. The first-order valence-electron chi connectivity index (χ1n) is 3.74. The zero-order valence-electron chi connectivity index (χ0n) is 7.20. The van der Waals surface area contributed by atoms with Crippen LogP contribution in [-0.2, 0) is 4.84 Å². The van der Waals surface area contributed by atoms with E-state index in [2.05, 4.69) is 9.99 Å². The molecule has 0 spiro atoms. The van der Waals surface area contributed by atoms with Gasteiger partial charge >= 0.3 is 0 Å². The van der Waals surface area contributed by atoms with Crippen molar-refractivity contribution in [2.24, 2.45) is 5.16 Å². The van der Waals surface area contributed by atoms with Crippen LogP contribution in [0.1, 0.15) is 5.56 Å². The van der Waals surface area contributed by atoms with Crippen LogP contribution in [0.15, 0.2) is 29.4 Å². The number of hydrogen-bond acceptors (Lipinski definition) is 3. The van der Waals surface area contributed by atoms with Crippen LogP contribution in [0.3, 0.4) is 0 Å². The Bertz CT molecular complexity index is 295. The molecule has 1 rings (SSSR count). The summed E-state index contributed by atoms with van der Waals surface area (Å²) >= 11 is 0. The van der Waals surface area contributed by atoms with E-state index in [0.29, 0.717) is 11.3 Å². The van der Waals surface area contributed by atoms with Crippen molar-refractivity contribution in [3.05, 3.63) is 35.6 Å². The fourth-order valence-corrected chi connectivity index (χ4v) is 0.925. The average Bonchev–Trinajstić information content (AvgIpc) is 2.16. The van der Waals surface area contributed by atoms with Gasteiger partial charge in [-0.1, -0.05) is 17.3 Å². The van der Waals surface area contributed by atoms with E-state index in [1.165, 1.54) is 31.4 Å². The molecule has 3 nitrogen and oxygen atoms in total. The molecular formula is C9H10FNO2. The Balaban J connectivity index is 2.92. The first-order chi connectivity index (χ1) is 6.27. The van der Waals surface area contributed by atoms with E-state index in [0.717, 1.165) is 0 Å². The summed E-state index contributed by atoms with van der Waals surface area (Å²) in [7, 11) is 1.39. The minimum Gasteiger partial charge on any atom is -0.399 e. The molecule has 0 fully saturated rings. The van der Waals surface area contributed by atoms with E-state index in [1.807, 2.05) is 0 Å². The number of aliphatic hydroxyl groups excluding tert-OH is 1. The zero-order chi connectivity index (χ0) is 9.68. The lowest BCUT2D eigenvalue weighted by Crippen LogP contribution is -2.06. The number of halogens is 1. The van der Waals surface area contributed by atoms with Gasteiger partial charge in [0.25, 0.3) is 0 Å². The van der Waals surface area contributed by atoms with Gasteiger partial charge in [0.05, 0.1) is 6.61 Å². The van der Waals surface area contributed by atoms with Gasteiger partial charge in [-0.3, -0.25) is 0 Å². The SMILES string of the molecule is CO/N=C(\CO)c1ccc(F)cc1. The molecule has 0 saturated heterocycles. The number of rotatable bonds is 3.